The highest BCUT2D eigenvalue weighted by atomic mass is 35.5. The molecule has 0 saturated heterocycles. The number of pyridine rings is 1. The van der Waals surface area contributed by atoms with E-state index >= 15 is 0 Å². The molecule has 3 aromatic rings. The van der Waals surface area contributed by atoms with E-state index in [0.29, 0.717) is 27.6 Å². The van der Waals surface area contributed by atoms with Gasteiger partial charge >= 0.3 is 5.97 Å². The molecule has 0 atom stereocenters. The second kappa shape index (κ2) is 6.18. The van der Waals surface area contributed by atoms with E-state index in [1.807, 2.05) is 13.0 Å². The van der Waals surface area contributed by atoms with E-state index in [-0.39, 0.29) is 0 Å². The van der Waals surface area contributed by atoms with Crippen molar-refractivity contribution in [2.45, 2.75) is 6.92 Å². The third-order valence-corrected chi connectivity index (χ3v) is 3.57. The third kappa shape index (κ3) is 3.07. The molecule has 0 unspecified atom stereocenters. The first kappa shape index (κ1) is 15.2. The number of halogens is 1. The van der Waals surface area contributed by atoms with Crippen molar-refractivity contribution in [3.05, 3.63) is 52.9 Å². The summed E-state index contributed by atoms with van der Waals surface area (Å²) in [6, 6.07) is 8.69. The van der Waals surface area contributed by atoms with Crippen LogP contribution in [0.5, 0.6) is 0 Å². The Morgan fingerprint density at radius 2 is 2.04 bits per heavy atom. The molecule has 7 heteroatoms. The highest BCUT2D eigenvalue weighted by Crippen LogP contribution is 2.25. The number of nitrogens with one attached hydrogen (secondary N) is 1. The number of benzene rings is 1. The Hall–Kier alpha value is -2.73. The topological polar surface area (TPSA) is 77.0 Å². The summed E-state index contributed by atoms with van der Waals surface area (Å²) in [5.74, 6) is 0.115. The summed E-state index contributed by atoms with van der Waals surface area (Å²) in [7, 11) is 1.35. The maximum Gasteiger partial charge on any atom is 0.337 e. The van der Waals surface area contributed by atoms with Gasteiger partial charge in [-0.3, -0.25) is 0 Å². The first-order valence-electron chi connectivity index (χ1n) is 6.82. The molecule has 3 rings (SSSR count). The zero-order valence-electron chi connectivity index (χ0n) is 12.5. The predicted molar refractivity (Wildman–Crippen MR) is 88.1 cm³/mol. The van der Waals surface area contributed by atoms with Crippen molar-refractivity contribution >= 4 is 40.1 Å². The average Bonchev–Trinajstić information content (AvgIpc) is 2.56. The van der Waals surface area contributed by atoms with Gasteiger partial charge in [0.15, 0.2) is 5.82 Å². The number of carbonyl (C=O) groups excluding carboxylic acids is 1. The first-order valence-corrected chi connectivity index (χ1v) is 7.19. The minimum Gasteiger partial charge on any atom is -0.465 e. The van der Waals surface area contributed by atoms with Gasteiger partial charge < -0.3 is 10.1 Å². The number of aromatic nitrogens is 3. The van der Waals surface area contributed by atoms with E-state index < -0.39 is 5.97 Å². The van der Waals surface area contributed by atoms with Crippen LogP contribution in [-0.2, 0) is 4.74 Å². The monoisotopic (exact) mass is 328 g/mol. The molecule has 2 aromatic heterocycles. The maximum absolute atomic E-state index is 11.7. The molecule has 0 amide bonds. The summed E-state index contributed by atoms with van der Waals surface area (Å²) < 4.78 is 4.75. The lowest BCUT2D eigenvalue weighted by atomic mass is 10.1. The van der Waals surface area contributed by atoms with Gasteiger partial charge in [0.05, 0.1) is 18.2 Å². The molecule has 1 N–H and O–H groups in total. The predicted octanol–water partition coefficient (Wildman–Crippen LogP) is 3.52. The standard InChI is InChI=1S/C16H13ClN4O2/c1-9-3-4-10(16(22)23-2)7-12(9)20-15-14-11(18-8-19-15)5-6-13(17)21-14/h3-8H,1-2H3,(H,18,19,20). The Kier molecular flexibility index (Phi) is 4.08. The molecule has 2 heterocycles. The quantitative estimate of drug-likeness (QED) is 0.585. The zero-order valence-corrected chi connectivity index (χ0v) is 13.3. The summed E-state index contributed by atoms with van der Waals surface area (Å²) in [4.78, 5) is 24.3. The van der Waals surface area contributed by atoms with Crippen LogP contribution in [-0.4, -0.2) is 28.0 Å². The van der Waals surface area contributed by atoms with Gasteiger partial charge in [-0.25, -0.2) is 19.7 Å². The Labute approximate surface area is 137 Å². The van der Waals surface area contributed by atoms with Gasteiger partial charge in [-0.15, -0.1) is 0 Å². The van der Waals surface area contributed by atoms with Gasteiger partial charge in [0, 0.05) is 5.69 Å². The average molecular weight is 329 g/mol. The number of rotatable bonds is 3. The van der Waals surface area contributed by atoms with E-state index in [0.717, 1.165) is 11.3 Å². The molecule has 0 aliphatic heterocycles. The second-order valence-electron chi connectivity index (χ2n) is 4.87. The normalized spacial score (nSPS) is 10.6. The van der Waals surface area contributed by atoms with Crippen molar-refractivity contribution in [1.82, 2.24) is 15.0 Å². The van der Waals surface area contributed by atoms with Crippen LogP contribution >= 0.6 is 11.6 Å². The van der Waals surface area contributed by atoms with Crippen LogP contribution < -0.4 is 5.32 Å². The lowest BCUT2D eigenvalue weighted by molar-refractivity contribution is 0.0601. The minimum atomic E-state index is -0.401. The lowest BCUT2D eigenvalue weighted by Crippen LogP contribution is -2.04. The molecule has 0 spiro atoms. The van der Waals surface area contributed by atoms with Crippen LogP contribution in [0.25, 0.3) is 11.0 Å². The summed E-state index contributed by atoms with van der Waals surface area (Å²) in [6.45, 7) is 1.92. The largest absolute Gasteiger partial charge is 0.465 e. The molecule has 0 bridgehead atoms. The molecule has 6 nitrogen and oxygen atoms in total. The number of fused-ring (bicyclic) bond motifs is 1. The van der Waals surface area contributed by atoms with Gasteiger partial charge in [0.1, 0.15) is 17.0 Å². The summed E-state index contributed by atoms with van der Waals surface area (Å²) in [6.07, 6.45) is 1.44. The van der Waals surface area contributed by atoms with Gasteiger partial charge in [0.25, 0.3) is 0 Å². The van der Waals surface area contributed by atoms with E-state index in [4.69, 9.17) is 16.3 Å². The van der Waals surface area contributed by atoms with Crippen molar-refractivity contribution in [3.63, 3.8) is 0 Å². The molecule has 0 saturated carbocycles. The van der Waals surface area contributed by atoms with Crippen LogP contribution in [0.15, 0.2) is 36.7 Å². The first-order chi connectivity index (χ1) is 11.1. The molecule has 0 aliphatic rings. The van der Waals surface area contributed by atoms with Gasteiger partial charge in [0.2, 0.25) is 0 Å². The van der Waals surface area contributed by atoms with Crippen LogP contribution in [0.4, 0.5) is 11.5 Å². The number of hydrogen-bond acceptors (Lipinski definition) is 6. The molecule has 0 fully saturated rings. The summed E-state index contributed by atoms with van der Waals surface area (Å²) in [5.41, 5.74) is 3.36. The van der Waals surface area contributed by atoms with Crippen LogP contribution in [0.2, 0.25) is 5.15 Å². The van der Waals surface area contributed by atoms with Crippen LogP contribution in [0, 0.1) is 6.92 Å². The van der Waals surface area contributed by atoms with Gasteiger partial charge in [-0.2, -0.15) is 0 Å². The van der Waals surface area contributed by atoms with E-state index in [2.05, 4.69) is 20.3 Å². The fourth-order valence-corrected chi connectivity index (χ4v) is 2.28. The number of esters is 1. The Morgan fingerprint density at radius 3 is 2.83 bits per heavy atom. The van der Waals surface area contributed by atoms with Gasteiger partial charge in [-0.1, -0.05) is 17.7 Å². The van der Waals surface area contributed by atoms with Crippen LogP contribution in [0.1, 0.15) is 15.9 Å². The molecule has 116 valence electrons. The minimum absolute atomic E-state index is 0.357. The lowest BCUT2D eigenvalue weighted by Gasteiger charge is -2.11. The molecular weight excluding hydrogens is 316 g/mol. The second-order valence-corrected chi connectivity index (χ2v) is 5.26. The molecular formula is C16H13ClN4O2. The fourth-order valence-electron chi connectivity index (χ4n) is 2.14. The number of nitrogens with zero attached hydrogens (tertiary/aromatic N) is 3. The molecule has 0 radical (unpaired) electrons. The highest BCUT2D eigenvalue weighted by molar-refractivity contribution is 6.29. The van der Waals surface area contributed by atoms with Gasteiger partial charge in [-0.05, 0) is 36.8 Å². The third-order valence-electron chi connectivity index (χ3n) is 3.36. The summed E-state index contributed by atoms with van der Waals surface area (Å²) in [5, 5.41) is 3.54. The zero-order chi connectivity index (χ0) is 16.4. The Balaban J connectivity index is 2.05. The number of methoxy groups -OCH3 is 1. The van der Waals surface area contributed by atoms with Crippen molar-refractivity contribution < 1.29 is 9.53 Å². The number of hydrogen-bond donors (Lipinski definition) is 1. The molecule has 1 aromatic carbocycles. The Bertz CT molecular complexity index is 898. The van der Waals surface area contributed by atoms with Crippen LogP contribution in [0.3, 0.4) is 0 Å². The van der Waals surface area contributed by atoms with Crippen molar-refractivity contribution in [2.24, 2.45) is 0 Å². The summed E-state index contributed by atoms with van der Waals surface area (Å²) >= 11 is 5.95. The maximum atomic E-state index is 11.7. The number of ether oxygens (including phenoxy) is 1. The SMILES string of the molecule is COC(=O)c1ccc(C)c(Nc2ncnc3ccc(Cl)nc23)c1. The van der Waals surface area contributed by atoms with Crippen molar-refractivity contribution in [2.75, 3.05) is 12.4 Å². The Morgan fingerprint density at radius 1 is 1.22 bits per heavy atom. The molecule has 0 aliphatic carbocycles. The van der Waals surface area contributed by atoms with E-state index in [1.54, 1.807) is 24.3 Å². The van der Waals surface area contributed by atoms with Crippen molar-refractivity contribution in [3.8, 4) is 0 Å². The van der Waals surface area contributed by atoms with E-state index in [1.165, 1.54) is 13.4 Å². The number of aryl methyl sites for hydroxylation is 1. The van der Waals surface area contributed by atoms with Crippen molar-refractivity contribution in [1.29, 1.82) is 0 Å². The molecule has 23 heavy (non-hydrogen) atoms. The number of carbonyl (C=O) groups is 1. The highest BCUT2D eigenvalue weighted by Gasteiger charge is 2.11. The fraction of sp³-hybridized carbons (Fsp3) is 0.125. The number of anilines is 2. The smallest absolute Gasteiger partial charge is 0.337 e. The van der Waals surface area contributed by atoms with E-state index in [9.17, 15) is 4.79 Å².